The number of nitro groups is 1. The van der Waals surface area contributed by atoms with E-state index >= 15 is 0 Å². The second kappa shape index (κ2) is 6.94. The van der Waals surface area contributed by atoms with Crippen molar-refractivity contribution in [3.63, 3.8) is 0 Å². The second-order valence-corrected chi connectivity index (χ2v) is 7.81. The number of fused-ring (bicyclic) bond motifs is 1. The van der Waals surface area contributed by atoms with Gasteiger partial charge in [-0.3, -0.25) is 13.9 Å². The predicted octanol–water partition coefficient (Wildman–Crippen LogP) is 2.82. The molecule has 146 valence electrons. The highest BCUT2D eigenvalue weighted by molar-refractivity contribution is 5.73. The lowest BCUT2D eigenvalue weighted by Crippen LogP contribution is -2.44. The molecule has 0 amide bonds. The first-order chi connectivity index (χ1) is 13.0. The molecule has 2 aliphatic carbocycles. The van der Waals surface area contributed by atoms with Crippen LogP contribution in [-0.2, 0) is 7.05 Å². The highest BCUT2D eigenvalue weighted by atomic mass is 16.6. The third-order valence-corrected chi connectivity index (χ3v) is 6.16. The number of aryl methyl sites for hydroxylation is 1. The molecular formula is C18H25N5O4. The van der Waals surface area contributed by atoms with Gasteiger partial charge in [0.1, 0.15) is 0 Å². The number of nitrogens with zero attached hydrogens (tertiary/aromatic N) is 5. The summed E-state index contributed by atoms with van der Waals surface area (Å²) in [5.74, 6) is -0.396. The van der Waals surface area contributed by atoms with Crippen LogP contribution in [0.2, 0.25) is 0 Å². The quantitative estimate of drug-likeness (QED) is 0.606. The van der Waals surface area contributed by atoms with Crippen molar-refractivity contribution in [3.05, 3.63) is 31.0 Å². The van der Waals surface area contributed by atoms with Gasteiger partial charge in [0, 0.05) is 12.1 Å². The van der Waals surface area contributed by atoms with Crippen molar-refractivity contribution in [3.8, 4) is 0 Å². The van der Waals surface area contributed by atoms with E-state index < -0.39 is 16.4 Å². The second-order valence-electron chi connectivity index (χ2n) is 7.81. The van der Waals surface area contributed by atoms with Gasteiger partial charge >= 0.3 is 11.6 Å². The van der Waals surface area contributed by atoms with E-state index in [1.165, 1.54) is 16.2 Å². The lowest BCUT2D eigenvalue weighted by molar-refractivity contribution is -0.396. The Balaban J connectivity index is 2.03. The minimum atomic E-state index is -0.597. The summed E-state index contributed by atoms with van der Waals surface area (Å²) in [5.41, 5.74) is -0.466. The van der Waals surface area contributed by atoms with E-state index in [9.17, 15) is 19.7 Å². The molecule has 0 unspecified atom stereocenters. The van der Waals surface area contributed by atoms with Crippen molar-refractivity contribution >= 4 is 17.1 Å². The molecule has 0 bridgehead atoms. The summed E-state index contributed by atoms with van der Waals surface area (Å²) in [6.45, 7) is 0. The minimum absolute atomic E-state index is 0.0568. The topological polar surface area (TPSA) is 105 Å². The van der Waals surface area contributed by atoms with E-state index in [-0.39, 0.29) is 28.9 Å². The summed E-state index contributed by atoms with van der Waals surface area (Å²) in [6.07, 6.45) is 9.50. The zero-order chi connectivity index (χ0) is 19.1. The molecule has 4 rings (SSSR count). The van der Waals surface area contributed by atoms with Gasteiger partial charge in [-0.05, 0) is 35.6 Å². The van der Waals surface area contributed by atoms with Crippen molar-refractivity contribution in [1.82, 2.24) is 18.7 Å². The van der Waals surface area contributed by atoms with E-state index in [1.807, 2.05) is 0 Å². The highest BCUT2D eigenvalue weighted by Gasteiger charge is 2.33. The van der Waals surface area contributed by atoms with Crippen LogP contribution in [0.3, 0.4) is 0 Å². The molecule has 2 aliphatic rings. The fraction of sp³-hybridized carbons (Fsp3) is 0.722. The monoisotopic (exact) mass is 375 g/mol. The average molecular weight is 375 g/mol. The van der Waals surface area contributed by atoms with E-state index in [0.717, 1.165) is 64.2 Å². The third-order valence-electron chi connectivity index (χ3n) is 6.16. The van der Waals surface area contributed by atoms with Crippen molar-refractivity contribution in [2.75, 3.05) is 0 Å². The van der Waals surface area contributed by atoms with E-state index in [1.54, 1.807) is 4.57 Å². The van der Waals surface area contributed by atoms with Gasteiger partial charge < -0.3 is 10.1 Å². The fourth-order valence-electron chi connectivity index (χ4n) is 4.78. The lowest BCUT2D eigenvalue weighted by atomic mass is 9.94. The normalized spacial score (nSPS) is 19.6. The predicted molar refractivity (Wildman–Crippen MR) is 100 cm³/mol. The molecule has 2 aromatic heterocycles. The smallest absolute Gasteiger partial charge is 0.390 e. The summed E-state index contributed by atoms with van der Waals surface area (Å²) in [4.78, 5) is 41.5. The molecule has 27 heavy (non-hydrogen) atoms. The van der Waals surface area contributed by atoms with Crippen LogP contribution in [0.25, 0.3) is 11.2 Å². The van der Waals surface area contributed by atoms with Gasteiger partial charge in [0.15, 0.2) is 0 Å². The maximum Gasteiger partial charge on any atom is 0.437 e. The zero-order valence-corrected chi connectivity index (χ0v) is 15.6. The molecular weight excluding hydrogens is 350 g/mol. The molecule has 0 atom stereocenters. The van der Waals surface area contributed by atoms with E-state index in [4.69, 9.17) is 0 Å². The Morgan fingerprint density at radius 2 is 1.44 bits per heavy atom. The molecule has 0 aromatic carbocycles. The van der Waals surface area contributed by atoms with Crippen LogP contribution in [0.15, 0.2) is 9.59 Å². The molecule has 2 heterocycles. The van der Waals surface area contributed by atoms with Crippen molar-refractivity contribution in [2.45, 2.75) is 76.3 Å². The summed E-state index contributed by atoms with van der Waals surface area (Å²) in [5, 5.41) is 11.4. The standard InChI is InChI=1S/C18H25N5O4/c1-20-14-15(19-17(20)23(26)27)21(12-8-4-2-5-9-12)18(25)22(16(14)24)13-10-6-3-7-11-13/h12-13H,2-11H2,1H3. The van der Waals surface area contributed by atoms with Crippen LogP contribution >= 0.6 is 0 Å². The van der Waals surface area contributed by atoms with Gasteiger partial charge in [-0.2, -0.15) is 0 Å². The van der Waals surface area contributed by atoms with Gasteiger partial charge in [0.2, 0.25) is 5.52 Å². The van der Waals surface area contributed by atoms with Gasteiger partial charge in [-0.1, -0.05) is 38.5 Å². The lowest BCUT2D eigenvalue weighted by Gasteiger charge is -2.27. The van der Waals surface area contributed by atoms with Crippen LogP contribution in [0.5, 0.6) is 0 Å². The first-order valence-electron chi connectivity index (χ1n) is 9.88. The fourth-order valence-corrected chi connectivity index (χ4v) is 4.78. The van der Waals surface area contributed by atoms with Crippen LogP contribution in [-0.4, -0.2) is 23.6 Å². The van der Waals surface area contributed by atoms with Gasteiger partial charge in [0.05, 0.1) is 7.05 Å². The van der Waals surface area contributed by atoms with Gasteiger partial charge in [-0.15, -0.1) is 0 Å². The largest absolute Gasteiger partial charge is 0.437 e. The van der Waals surface area contributed by atoms with E-state index in [2.05, 4.69) is 4.98 Å². The molecule has 0 aliphatic heterocycles. The summed E-state index contributed by atoms with van der Waals surface area (Å²) >= 11 is 0. The van der Waals surface area contributed by atoms with Crippen LogP contribution in [0.4, 0.5) is 5.95 Å². The zero-order valence-electron chi connectivity index (χ0n) is 15.6. The summed E-state index contributed by atoms with van der Waals surface area (Å²) in [6, 6.07) is -0.189. The number of hydrogen-bond donors (Lipinski definition) is 0. The molecule has 0 spiro atoms. The maximum atomic E-state index is 13.4. The van der Waals surface area contributed by atoms with Crippen LogP contribution < -0.4 is 11.2 Å². The van der Waals surface area contributed by atoms with E-state index in [0.29, 0.717) is 0 Å². The number of rotatable bonds is 3. The first kappa shape index (κ1) is 17.9. The molecule has 2 aromatic rings. The SMILES string of the molecule is Cn1c([N+](=O)[O-])nc2c1c(=O)n(C1CCCCC1)c(=O)n2C1CCCCC1. The minimum Gasteiger partial charge on any atom is -0.390 e. The number of aromatic nitrogens is 4. The molecule has 2 fully saturated rings. The third kappa shape index (κ3) is 2.89. The Labute approximate surface area is 155 Å². The Morgan fingerprint density at radius 3 is 1.96 bits per heavy atom. The Morgan fingerprint density at radius 1 is 0.926 bits per heavy atom. The van der Waals surface area contributed by atoms with Gasteiger partial charge in [-0.25, -0.2) is 9.36 Å². The number of hydrogen-bond acceptors (Lipinski definition) is 5. The average Bonchev–Trinajstić information content (AvgIpc) is 3.01. The molecule has 0 saturated heterocycles. The van der Waals surface area contributed by atoms with Crippen molar-refractivity contribution in [1.29, 1.82) is 0 Å². The summed E-state index contributed by atoms with van der Waals surface area (Å²) in [7, 11) is 1.48. The Bertz CT molecular complexity index is 990. The Hall–Kier alpha value is -2.45. The molecule has 9 nitrogen and oxygen atoms in total. The summed E-state index contributed by atoms with van der Waals surface area (Å²) < 4.78 is 4.18. The van der Waals surface area contributed by atoms with Crippen molar-refractivity contribution < 1.29 is 4.92 Å². The molecule has 0 radical (unpaired) electrons. The highest BCUT2D eigenvalue weighted by Crippen LogP contribution is 2.31. The Kier molecular flexibility index (Phi) is 4.61. The van der Waals surface area contributed by atoms with Crippen LogP contribution in [0, 0.1) is 10.1 Å². The maximum absolute atomic E-state index is 13.4. The number of imidazole rings is 1. The molecule has 2 saturated carbocycles. The van der Waals surface area contributed by atoms with Crippen molar-refractivity contribution in [2.24, 2.45) is 7.05 Å². The van der Waals surface area contributed by atoms with Crippen LogP contribution in [0.1, 0.15) is 76.3 Å². The molecule has 9 heteroatoms. The first-order valence-corrected chi connectivity index (χ1v) is 9.88. The van der Waals surface area contributed by atoms with Gasteiger partial charge in [0.25, 0.3) is 11.2 Å². The molecule has 0 N–H and O–H groups in total.